The number of hydrogen-bond acceptors (Lipinski definition) is 6. The summed E-state index contributed by atoms with van der Waals surface area (Å²) in [6.45, 7) is 0.725. The van der Waals surface area contributed by atoms with Crippen molar-refractivity contribution in [1.29, 1.82) is 0 Å². The van der Waals surface area contributed by atoms with Gasteiger partial charge in [-0.3, -0.25) is 24.4 Å². The average Bonchev–Trinajstić information content (AvgIpc) is 4.11. The van der Waals surface area contributed by atoms with Gasteiger partial charge in [0, 0.05) is 30.9 Å². The molecule has 9 heteroatoms. The quantitative estimate of drug-likeness (QED) is 0.144. The number of nitrogens with zero attached hydrogens (tertiary/aromatic N) is 6. The van der Waals surface area contributed by atoms with Crippen LogP contribution in [0.4, 0.5) is 0 Å². The Morgan fingerprint density at radius 1 is 0.667 bits per heavy atom. The minimum Gasteiger partial charge on any atom is -0.340 e. The predicted molar refractivity (Wildman–Crippen MR) is 240 cm³/mol. The molecule has 1 N–H and O–H groups in total. The Morgan fingerprint density at radius 3 is 1.88 bits per heavy atom. The monoisotopic (exact) mass is 799 g/mol. The molecule has 9 rings (SSSR count). The van der Waals surface area contributed by atoms with Gasteiger partial charge in [-0.2, -0.15) is 0 Å². The van der Waals surface area contributed by atoms with Gasteiger partial charge in [0.25, 0.3) is 0 Å². The standard InChI is InChI=1S/C51H57N7O2/c1-55(2)47(38-14-7-5-8-15-38)50(59)57-29-13-20-45(57)49-53-33-43(54-49)37-27-25-35(26-28-37)34-21-23-36(24-22-34)41-30-42(52-32-41)46-31-40-18-11-12-19-44(40)58(46)51(60)48(56(3)4)39-16-9-6-10-17-39/h5-10,14-17,21-28,32-33,40,44-48H,11-13,18-20,29-31H2,1-4H3,(H,53,54)/t40?,44?,45?,46-,47+,48+/m0/s1. The molecule has 9 nitrogen and oxygen atoms in total. The van der Waals surface area contributed by atoms with Crippen LogP contribution in [0.2, 0.25) is 0 Å². The first-order valence-electron chi connectivity index (χ1n) is 21.8. The number of amides is 2. The number of aromatic amines is 1. The van der Waals surface area contributed by atoms with E-state index in [9.17, 15) is 9.59 Å². The molecule has 2 saturated heterocycles. The summed E-state index contributed by atoms with van der Waals surface area (Å²) in [5.41, 5.74) is 9.83. The first-order chi connectivity index (χ1) is 29.2. The van der Waals surface area contributed by atoms with Crippen LogP contribution in [0.3, 0.4) is 0 Å². The molecule has 4 aromatic carbocycles. The lowest BCUT2D eigenvalue weighted by atomic mass is 9.84. The van der Waals surface area contributed by atoms with Crippen molar-refractivity contribution in [3.8, 4) is 22.4 Å². The fourth-order valence-corrected chi connectivity index (χ4v) is 10.5. The van der Waals surface area contributed by atoms with Crippen LogP contribution in [-0.2, 0) is 9.59 Å². The van der Waals surface area contributed by atoms with Gasteiger partial charge >= 0.3 is 0 Å². The summed E-state index contributed by atoms with van der Waals surface area (Å²) >= 11 is 0. The third-order valence-corrected chi connectivity index (χ3v) is 13.4. The van der Waals surface area contributed by atoms with Crippen molar-refractivity contribution in [3.63, 3.8) is 0 Å². The van der Waals surface area contributed by atoms with Gasteiger partial charge in [-0.05, 0) is 105 Å². The molecule has 0 spiro atoms. The maximum atomic E-state index is 14.6. The van der Waals surface area contributed by atoms with Gasteiger partial charge in [0.1, 0.15) is 17.9 Å². The van der Waals surface area contributed by atoms with E-state index in [-0.39, 0.29) is 42.0 Å². The van der Waals surface area contributed by atoms with E-state index in [1.807, 2.05) is 98.9 Å². The van der Waals surface area contributed by atoms with Gasteiger partial charge in [-0.15, -0.1) is 0 Å². The normalized spacial score (nSPS) is 22.5. The molecule has 3 fully saturated rings. The number of likely N-dealkylation sites (tertiary alicyclic amines) is 2. The molecule has 4 aliphatic rings. The molecule has 0 radical (unpaired) electrons. The van der Waals surface area contributed by atoms with Crippen molar-refractivity contribution in [2.45, 2.75) is 81.6 Å². The van der Waals surface area contributed by atoms with Crippen molar-refractivity contribution in [2.24, 2.45) is 10.9 Å². The van der Waals surface area contributed by atoms with Crippen LogP contribution in [0.5, 0.6) is 0 Å². The number of allylic oxidation sites excluding steroid dienone is 1. The van der Waals surface area contributed by atoms with E-state index in [0.29, 0.717) is 5.92 Å². The smallest absolute Gasteiger partial charge is 0.245 e. The molecule has 5 aromatic rings. The van der Waals surface area contributed by atoms with E-state index >= 15 is 0 Å². The molecular formula is C51H57N7O2. The Bertz CT molecular complexity index is 2350. The van der Waals surface area contributed by atoms with Crippen molar-refractivity contribution in [2.75, 3.05) is 34.7 Å². The Labute approximate surface area is 354 Å². The number of likely N-dealkylation sites (N-methyl/N-ethyl adjacent to an activating group) is 2. The van der Waals surface area contributed by atoms with Crippen LogP contribution >= 0.6 is 0 Å². The van der Waals surface area contributed by atoms with Crippen LogP contribution in [0.25, 0.3) is 28.0 Å². The first-order valence-corrected chi connectivity index (χ1v) is 21.8. The van der Waals surface area contributed by atoms with Crippen molar-refractivity contribution >= 4 is 23.1 Å². The van der Waals surface area contributed by atoms with Gasteiger partial charge in [-0.25, -0.2) is 4.98 Å². The van der Waals surface area contributed by atoms with Crippen molar-refractivity contribution in [1.82, 2.24) is 29.6 Å². The zero-order valence-electron chi connectivity index (χ0n) is 35.4. The minimum absolute atomic E-state index is 0.0314. The van der Waals surface area contributed by atoms with Crippen LogP contribution in [-0.4, -0.2) is 93.9 Å². The number of aliphatic imine (C=N–C) groups is 1. The molecule has 308 valence electrons. The average molecular weight is 800 g/mol. The number of nitrogens with one attached hydrogen (secondary N) is 1. The summed E-state index contributed by atoms with van der Waals surface area (Å²) in [5, 5.41) is 0. The van der Waals surface area contributed by atoms with Gasteiger partial charge in [0.2, 0.25) is 11.8 Å². The van der Waals surface area contributed by atoms with Crippen molar-refractivity contribution < 1.29 is 9.59 Å². The summed E-state index contributed by atoms with van der Waals surface area (Å²) in [5.74, 6) is 1.69. The summed E-state index contributed by atoms with van der Waals surface area (Å²) in [6, 6.07) is 37.2. The number of carbonyl (C=O) groups excluding carboxylic acids is 2. The van der Waals surface area contributed by atoms with Crippen LogP contribution in [0.15, 0.2) is 127 Å². The summed E-state index contributed by atoms with van der Waals surface area (Å²) < 4.78 is 0. The first kappa shape index (κ1) is 39.8. The van der Waals surface area contributed by atoms with E-state index in [1.54, 1.807) is 0 Å². The molecule has 6 atom stereocenters. The Kier molecular flexibility index (Phi) is 11.4. The highest BCUT2D eigenvalue weighted by Crippen LogP contribution is 2.44. The Balaban J connectivity index is 0.859. The molecule has 3 unspecified atom stereocenters. The predicted octanol–water partition coefficient (Wildman–Crippen LogP) is 9.36. The lowest BCUT2D eigenvalue weighted by Gasteiger charge is -2.38. The fraction of sp³-hybridized carbons (Fsp3) is 0.373. The zero-order chi connectivity index (χ0) is 41.3. The maximum Gasteiger partial charge on any atom is 0.245 e. The second kappa shape index (κ2) is 17.1. The number of fused-ring (bicyclic) bond motifs is 1. The Morgan fingerprint density at radius 2 is 1.25 bits per heavy atom. The number of carbonyl (C=O) groups is 2. The lowest BCUT2D eigenvalue weighted by Crippen LogP contribution is -2.50. The van der Waals surface area contributed by atoms with Gasteiger partial charge in [0.05, 0.1) is 24.0 Å². The molecule has 2 amide bonds. The molecule has 4 heterocycles. The molecular weight excluding hydrogens is 743 g/mol. The molecule has 1 aliphatic carbocycles. The van der Waals surface area contributed by atoms with E-state index in [1.165, 1.54) is 30.4 Å². The number of hydrogen-bond donors (Lipinski definition) is 1. The van der Waals surface area contributed by atoms with E-state index in [4.69, 9.17) is 9.98 Å². The molecule has 60 heavy (non-hydrogen) atoms. The molecule has 0 bridgehead atoms. The summed E-state index contributed by atoms with van der Waals surface area (Å²) in [4.78, 5) is 50.3. The van der Waals surface area contributed by atoms with Gasteiger partial charge in [0.15, 0.2) is 0 Å². The lowest BCUT2D eigenvalue weighted by molar-refractivity contribution is -0.139. The fourth-order valence-electron chi connectivity index (χ4n) is 10.5. The highest BCUT2D eigenvalue weighted by molar-refractivity contribution is 6.04. The number of imidazole rings is 1. The number of aromatic nitrogens is 2. The minimum atomic E-state index is -0.338. The highest BCUT2D eigenvalue weighted by atomic mass is 16.2. The van der Waals surface area contributed by atoms with Gasteiger partial charge in [-0.1, -0.05) is 122 Å². The van der Waals surface area contributed by atoms with E-state index in [0.717, 1.165) is 83.7 Å². The Hall–Kier alpha value is -5.64. The van der Waals surface area contributed by atoms with Crippen molar-refractivity contribution in [3.05, 3.63) is 144 Å². The van der Waals surface area contributed by atoms with Crippen LogP contribution in [0.1, 0.15) is 92.0 Å². The van der Waals surface area contributed by atoms with Gasteiger partial charge < -0.3 is 14.8 Å². The largest absolute Gasteiger partial charge is 0.340 e. The second-order valence-corrected chi connectivity index (χ2v) is 17.6. The topological polar surface area (TPSA) is 88.1 Å². The SMILES string of the molecule is CN(C)[C@@H](C(=O)N1CCCC1c1ncc(-c2ccc(-c3ccc(C4=CN=C([C@@H]5CC6CCCCC6N5C(=O)[C@@H](c5ccccc5)N(C)C)C4)cc3)cc2)[nH]1)c1ccccc1. The summed E-state index contributed by atoms with van der Waals surface area (Å²) in [6.07, 6.45) is 12.2. The summed E-state index contributed by atoms with van der Waals surface area (Å²) in [7, 11) is 7.97. The van der Waals surface area contributed by atoms with E-state index < -0.39 is 0 Å². The third kappa shape index (κ3) is 7.77. The molecule has 1 saturated carbocycles. The second-order valence-electron chi connectivity index (χ2n) is 17.6. The zero-order valence-corrected chi connectivity index (χ0v) is 35.4. The third-order valence-electron chi connectivity index (χ3n) is 13.4. The molecule has 3 aliphatic heterocycles. The number of H-pyrrole nitrogens is 1. The number of benzene rings is 4. The number of rotatable bonds is 11. The maximum absolute atomic E-state index is 14.6. The van der Waals surface area contributed by atoms with Crippen LogP contribution < -0.4 is 0 Å². The molecule has 1 aromatic heterocycles. The van der Waals surface area contributed by atoms with E-state index in [2.05, 4.69) is 75.4 Å². The highest BCUT2D eigenvalue weighted by Gasteiger charge is 2.48. The van der Waals surface area contributed by atoms with Crippen LogP contribution in [0, 0.1) is 5.92 Å².